The van der Waals surface area contributed by atoms with Crippen molar-refractivity contribution in [1.82, 2.24) is 5.43 Å². The number of rotatable bonds is 4. The average Bonchev–Trinajstić information content (AvgIpc) is 2.42. The molecule has 2 aromatic rings. The third-order valence-corrected chi connectivity index (χ3v) is 3.49. The number of hydrogen-bond donors (Lipinski definition) is 1. The fourth-order valence-electron chi connectivity index (χ4n) is 1.57. The lowest BCUT2D eigenvalue weighted by Gasteiger charge is -2.00. The molecule has 2 rings (SSSR count). The van der Waals surface area contributed by atoms with Gasteiger partial charge in [0.25, 0.3) is 0 Å². The maximum Gasteiger partial charge on any atom is 0.244 e. The van der Waals surface area contributed by atoms with Crippen molar-refractivity contribution in [2.45, 2.75) is 6.42 Å². The van der Waals surface area contributed by atoms with Crippen LogP contribution in [-0.2, 0) is 11.2 Å². The van der Waals surface area contributed by atoms with Crippen LogP contribution < -0.4 is 5.43 Å². The molecule has 0 aromatic heterocycles. The van der Waals surface area contributed by atoms with Crippen molar-refractivity contribution in [1.29, 1.82) is 0 Å². The first kappa shape index (κ1) is 13.7. The van der Waals surface area contributed by atoms with Crippen molar-refractivity contribution in [2.24, 2.45) is 5.10 Å². The lowest BCUT2D eigenvalue weighted by atomic mass is 10.1. The van der Waals surface area contributed by atoms with E-state index in [1.807, 2.05) is 54.6 Å². The monoisotopic (exact) mass is 364 g/mol. The molecule has 4 heteroatoms. The number of benzene rings is 2. The predicted molar refractivity (Wildman–Crippen MR) is 85.0 cm³/mol. The summed E-state index contributed by atoms with van der Waals surface area (Å²) >= 11 is 2.23. The van der Waals surface area contributed by atoms with Crippen LogP contribution in [0, 0.1) is 3.57 Å². The first-order valence-corrected chi connectivity index (χ1v) is 6.94. The Morgan fingerprint density at radius 1 is 1.11 bits per heavy atom. The van der Waals surface area contributed by atoms with Gasteiger partial charge in [0.15, 0.2) is 0 Å². The summed E-state index contributed by atoms with van der Waals surface area (Å²) < 4.78 is 1.10. The smallest absolute Gasteiger partial charge is 0.244 e. The molecule has 3 nitrogen and oxygen atoms in total. The second-order valence-corrected chi connectivity index (χ2v) is 5.14. The topological polar surface area (TPSA) is 41.5 Å². The van der Waals surface area contributed by atoms with Gasteiger partial charge in [-0.25, -0.2) is 5.43 Å². The van der Waals surface area contributed by atoms with Crippen LogP contribution in [0.1, 0.15) is 11.1 Å². The highest BCUT2D eigenvalue weighted by atomic mass is 127. The molecule has 0 aliphatic rings. The van der Waals surface area contributed by atoms with E-state index in [-0.39, 0.29) is 5.91 Å². The molecule has 0 aliphatic heterocycles. The summed E-state index contributed by atoms with van der Waals surface area (Å²) in [5.74, 6) is -0.117. The largest absolute Gasteiger partial charge is 0.273 e. The molecule has 0 aliphatic carbocycles. The summed E-state index contributed by atoms with van der Waals surface area (Å²) in [6.07, 6.45) is 1.99. The van der Waals surface area contributed by atoms with Gasteiger partial charge in [-0.05, 0) is 34.2 Å². The zero-order valence-electron chi connectivity index (χ0n) is 10.2. The van der Waals surface area contributed by atoms with E-state index in [9.17, 15) is 4.79 Å². The van der Waals surface area contributed by atoms with Gasteiger partial charge < -0.3 is 0 Å². The molecule has 19 heavy (non-hydrogen) atoms. The third kappa shape index (κ3) is 4.48. The molecule has 0 heterocycles. The predicted octanol–water partition coefficient (Wildman–Crippen LogP) is 2.98. The Hall–Kier alpha value is -1.69. The van der Waals surface area contributed by atoms with Crippen LogP contribution in [0.3, 0.4) is 0 Å². The van der Waals surface area contributed by atoms with Crippen molar-refractivity contribution < 1.29 is 4.79 Å². The van der Waals surface area contributed by atoms with Crippen molar-refractivity contribution in [3.8, 4) is 0 Å². The Morgan fingerprint density at radius 2 is 1.79 bits per heavy atom. The van der Waals surface area contributed by atoms with Crippen LogP contribution in [0.2, 0.25) is 0 Å². The van der Waals surface area contributed by atoms with Crippen molar-refractivity contribution >= 4 is 34.7 Å². The van der Waals surface area contributed by atoms with Crippen LogP contribution in [0.25, 0.3) is 0 Å². The van der Waals surface area contributed by atoms with Gasteiger partial charge in [0.05, 0.1) is 12.6 Å². The third-order valence-electron chi connectivity index (χ3n) is 2.51. The summed E-state index contributed by atoms with van der Waals surface area (Å²) in [4.78, 5) is 11.7. The molecule has 0 bridgehead atoms. The first-order chi connectivity index (χ1) is 9.25. The van der Waals surface area contributed by atoms with Crippen LogP contribution in [-0.4, -0.2) is 12.1 Å². The van der Waals surface area contributed by atoms with Crippen molar-refractivity contribution in [3.05, 3.63) is 69.3 Å². The Labute approximate surface area is 125 Å². The van der Waals surface area contributed by atoms with Gasteiger partial charge >= 0.3 is 0 Å². The van der Waals surface area contributed by atoms with Crippen LogP contribution in [0.4, 0.5) is 0 Å². The molecule has 1 N–H and O–H groups in total. The van der Waals surface area contributed by atoms with Gasteiger partial charge in [-0.1, -0.05) is 48.5 Å². The fourth-order valence-corrected chi connectivity index (χ4v) is 2.10. The van der Waals surface area contributed by atoms with E-state index >= 15 is 0 Å². The van der Waals surface area contributed by atoms with E-state index in [2.05, 4.69) is 33.1 Å². The van der Waals surface area contributed by atoms with E-state index in [4.69, 9.17) is 0 Å². The van der Waals surface area contributed by atoms with Crippen LogP contribution >= 0.6 is 22.6 Å². The molecular formula is C15H13IN2O. The Balaban J connectivity index is 1.89. The number of carbonyl (C=O) groups is 1. The van der Waals surface area contributed by atoms with Gasteiger partial charge in [-0.2, -0.15) is 5.10 Å². The SMILES string of the molecule is O=C(Cc1ccccc1)NN=Cc1ccccc1I. The van der Waals surface area contributed by atoms with Crippen LogP contribution in [0.5, 0.6) is 0 Å². The molecule has 0 atom stereocenters. The van der Waals surface area contributed by atoms with Gasteiger partial charge in [0, 0.05) is 9.13 Å². The van der Waals surface area contributed by atoms with E-state index in [1.54, 1.807) is 6.21 Å². The number of nitrogens with zero attached hydrogens (tertiary/aromatic N) is 1. The highest BCUT2D eigenvalue weighted by molar-refractivity contribution is 14.1. The van der Waals surface area contributed by atoms with Gasteiger partial charge in [-0.15, -0.1) is 0 Å². The molecule has 0 spiro atoms. The zero-order valence-corrected chi connectivity index (χ0v) is 12.4. The summed E-state index contributed by atoms with van der Waals surface area (Å²) in [5, 5.41) is 3.97. The molecular weight excluding hydrogens is 351 g/mol. The molecule has 96 valence electrons. The maximum absolute atomic E-state index is 11.7. The highest BCUT2D eigenvalue weighted by Crippen LogP contribution is 2.08. The molecule has 2 aromatic carbocycles. The molecule has 0 saturated carbocycles. The Bertz CT molecular complexity index is 582. The summed E-state index contributed by atoms with van der Waals surface area (Å²) in [6.45, 7) is 0. The van der Waals surface area contributed by atoms with Gasteiger partial charge in [-0.3, -0.25) is 4.79 Å². The van der Waals surface area contributed by atoms with E-state index in [0.29, 0.717) is 6.42 Å². The fraction of sp³-hybridized carbons (Fsp3) is 0.0667. The van der Waals surface area contributed by atoms with Crippen molar-refractivity contribution in [3.63, 3.8) is 0 Å². The Morgan fingerprint density at radius 3 is 2.53 bits per heavy atom. The number of halogens is 1. The second kappa shape index (κ2) is 7.04. The molecule has 0 radical (unpaired) electrons. The number of hydrazone groups is 1. The molecule has 0 unspecified atom stereocenters. The molecule has 0 fully saturated rings. The molecule has 1 amide bonds. The number of hydrogen-bond acceptors (Lipinski definition) is 2. The molecule has 0 saturated heterocycles. The first-order valence-electron chi connectivity index (χ1n) is 5.86. The quantitative estimate of drug-likeness (QED) is 0.506. The van der Waals surface area contributed by atoms with E-state index in [0.717, 1.165) is 14.7 Å². The highest BCUT2D eigenvalue weighted by Gasteiger charge is 2.01. The van der Waals surface area contributed by atoms with E-state index < -0.39 is 0 Å². The van der Waals surface area contributed by atoms with Gasteiger partial charge in [0.1, 0.15) is 0 Å². The summed E-state index contributed by atoms with van der Waals surface area (Å²) in [5.41, 5.74) is 4.50. The van der Waals surface area contributed by atoms with Crippen LogP contribution in [0.15, 0.2) is 59.7 Å². The summed E-state index contributed by atoms with van der Waals surface area (Å²) in [7, 11) is 0. The zero-order chi connectivity index (χ0) is 13.5. The number of amides is 1. The van der Waals surface area contributed by atoms with E-state index in [1.165, 1.54) is 0 Å². The average molecular weight is 364 g/mol. The minimum Gasteiger partial charge on any atom is -0.273 e. The normalized spacial score (nSPS) is 10.6. The van der Waals surface area contributed by atoms with Gasteiger partial charge in [0.2, 0.25) is 5.91 Å². The lowest BCUT2D eigenvalue weighted by Crippen LogP contribution is -2.19. The minimum absolute atomic E-state index is 0.117. The number of nitrogens with one attached hydrogen (secondary N) is 1. The number of carbonyl (C=O) groups excluding carboxylic acids is 1. The standard InChI is InChI=1S/C15H13IN2O/c16-14-9-5-4-8-13(14)11-17-18-15(19)10-12-6-2-1-3-7-12/h1-9,11H,10H2,(H,18,19). The summed E-state index contributed by atoms with van der Waals surface area (Å²) in [6, 6.07) is 17.4. The second-order valence-electron chi connectivity index (χ2n) is 3.98. The minimum atomic E-state index is -0.117. The lowest BCUT2D eigenvalue weighted by molar-refractivity contribution is -0.120. The Kier molecular flexibility index (Phi) is 5.09. The van der Waals surface area contributed by atoms with Crippen molar-refractivity contribution in [2.75, 3.05) is 0 Å². The maximum atomic E-state index is 11.7.